The summed E-state index contributed by atoms with van der Waals surface area (Å²) in [5, 5.41) is 9.30. The lowest BCUT2D eigenvalue weighted by Crippen LogP contribution is -1.97. The van der Waals surface area contributed by atoms with Gasteiger partial charge in [0, 0.05) is 17.4 Å². The number of carboxylic acids is 1. The van der Waals surface area contributed by atoms with E-state index in [4.69, 9.17) is 0 Å². The van der Waals surface area contributed by atoms with E-state index >= 15 is 0 Å². The summed E-state index contributed by atoms with van der Waals surface area (Å²) in [7, 11) is 0. The van der Waals surface area contributed by atoms with Crippen LogP contribution in [0.4, 0.5) is 0 Å². The third-order valence-corrected chi connectivity index (χ3v) is 4.07. The largest absolute Gasteiger partial charge is 0.476 e. The minimum Gasteiger partial charge on any atom is -0.476 e. The molecule has 0 aliphatic heterocycles. The Morgan fingerprint density at radius 2 is 1.67 bits per heavy atom. The number of aromatic nitrogens is 2. The minimum absolute atomic E-state index is 0.0403. The fourth-order valence-corrected chi connectivity index (χ4v) is 2.61. The fraction of sp³-hybridized carbons (Fsp3) is 0.200. The van der Waals surface area contributed by atoms with E-state index < -0.39 is 5.97 Å². The molecule has 2 aromatic carbocycles. The molecule has 1 heterocycles. The molecule has 24 heavy (non-hydrogen) atoms. The van der Waals surface area contributed by atoms with Crippen molar-refractivity contribution in [3.8, 4) is 17.1 Å². The predicted molar refractivity (Wildman–Crippen MR) is 94.8 cm³/mol. The molecule has 1 N–H and O–H groups in total. The molecule has 0 unspecified atom stereocenters. The lowest BCUT2D eigenvalue weighted by Gasteiger charge is -2.10. The van der Waals surface area contributed by atoms with Crippen molar-refractivity contribution in [2.45, 2.75) is 26.7 Å². The predicted octanol–water partition coefficient (Wildman–Crippen LogP) is 4.67. The normalized spacial score (nSPS) is 11.0. The number of rotatable bonds is 4. The van der Waals surface area contributed by atoms with Crippen molar-refractivity contribution >= 4 is 5.97 Å². The van der Waals surface area contributed by atoms with Gasteiger partial charge in [-0.1, -0.05) is 55.8 Å². The van der Waals surface area contributed by atoms with Gasteiger partial charge in [0.2, 0.25) is 0 Å². The highest BCUT2D eigenvalue weighted by atomic mass is 16.4. The first kappa shape index (κ1) is 16.0. The zero-order valence-electron chi connectivity index (χ0n) is 14.0. The van der Waals surface area contributed by atoms with Crippen LogP contribution >= 0.6 is 0 Å². The molecule has 0 saturated carbocycles. The Bertz CT molecular complexity index is 860. The Labute approximate surface area is 141 Å². The maximum Gasteiger partial charge on any atom is 0.356 e. The second kappa shape index (κ2) is 6.32. The molecular formula is C20H20N2O2. The molecule has 122 valence electrons. The molecule has 0 saturated heterocycles. The van der Waals surface area contributed by atoms with Crippen molar-refractivity contribution in [2.24, 2.45) is 0 Å². The van der Waals surface area contributed by atoms with Crippen LogP contribution < -0.4 is 0 Å². The quantitative estimate of drug-likeness (QED) is 0.760. The van der Waals surface area contributed by atoms with Crippen molar-refractivity contribution in [2.75, 3.05) is 0 Å². The molecular weight excluding hydrogens is 300 g/mol. The Balaban J connectivity index is 2.12. The molecule has 3 rings (SSSR count). The molecule has 0 fully saturated rings. The van der Waals surface area contributed by atoms with Gasteiger partial charge in [0.15, 0.2) is 5.69 Å². The Hall–Kier alpha value is -2.88. The van der Waals surface area contributed by atoms with Crippen LogP contribution in [-0.2, 0) is 0 Å². The summed E-state index contributed by atoms with van der Waals surface area (Å²) >= 11 is 0. The summed E-state index contributed by atoms with van der Waals surface area (Å²) in [6.07, 6.45) is 1.57. The van der Waals surface area contributed by atoms with E-state index in [0.717, 1.165) is 16.8 Å². The topological polar surface area (TPSA) is 55.1 Å². The number of aryl methyl sites for hydroxylation is 1. The number of hydrogen-bond acceptors (Lipinski definition) is 2. The summed E-state index contributed by atoms with van der Waals surface area (Å²) in [5.74, 6) is 0.0543. The van der Waals surface area contributed by atoms with Gasteiger partial charge < -0.3 is 5.11 Å². The SMILES string of the molecule is Cc1ccc(-c2nc(C(=O)O)cn2-c2ccc(C(C)C)cc2)cc1. The summed E-state index contributed by atoms with van der Waals surface area (Å²) in [5.41, 5.74) is 4.22. The molecule has 0 atom stereocenters. The lowest BCUT2D eigenvalue weighted by atomic mass is 10.0. The lowest BCUT2D eigenvalue weighted by molar-refractivity contribution is 0.0691. The molecule has 0 aliphatic rings. The minimum atomic E-state index is -1.03. The zero-order chi connectivity index (χ0) is 17.3. The first-order valence-corrected chi connectivity index (χ1v) is 7.96. The van der Waals surface area contributed by atoms with E-state index in [-0.39, 0.29) is 5.69 Å². The van der Waals surface area contributed by atoms with Crippen molar-refractivity contribution < 1.29 is 9.90 Å². The first-order valence-electron chi connectivity index (χ1n) is 7.96. The third kappa shape index (κ3) is 3.08. The highest BCUT2D eigenvalue weighted by molar-refractivity contribution is 5.86. The molecule has 3 aromatic rings. The van der Waals surface area contributed by atoms with Crippen molar-refractivity contribution in [3.63, 3.8) is 0 Å². The van der Waals surface area contributed by atoms with Crippen LogP contribution in [0, 0.1) is 6.92 Å². The second-order valence-electron chi connectivity index (χ2n) is 6.24. The number of imidazole rings is 1. The average molecular weight is 320 g/mol. The van der Waals surface area contributed by atoms with Gasteiger partial charge in [-0.2, -0.15) is 0 Å². The van der Waals surface area contributed by atoms with E-state index in [1.807, 2.05) is 47.9 Å². The Morgan fingerprint density at radius 3 is 2.21 bits per heavy atom. The van der Waals surface area contributed by atoms with E-state index in [9.17, 15) is 9.90 Å². The number of aromatic carboxylic acids is 1. The van der Waals surface area contributed by atoms with Crippen molar-refractivity contribution in [1.29, 1.82) is 0 Å². The number of benzene rings is 2. The molecule has 1 aromatic heterocycles. The number of hydrogen-bond donors (Lipinski definition) is 1. The van der Waals surface area contributed by atoms with E-state index in [1.54, 1.807) is 6.20 Å². The van der Waals surface area contributed by atoms with E-state index in [0.29, 0.717) is 11.7 Å². The number of carboxylic acid groups (broad SMARTS) is 1. The van der Waals surface area contributed by atoms with Gasteiger partial charge in [-0.3, -0.25) is 4.57 Å². The summed E-state index contributed by atoms with van der Waals surface area (Å²) in [4.78, 5) is 15.7. The van der Waals surface area contributed by atoms with Crippen LogP contribution in [0.1, 0.15) is 41.4 Å². The van der Waals surface area contributed by atoms with Gasteiger partial charge in [0.05, 0.1) is 0 Å². The van der Waals surface area contributed by atoms with Crippen LogP contribution in [-0.4, -0.2) is 20.6 Å². The van der Waals surface area contributed by atoms with Crippen LogP contribution in [0.3, 0.4) is 0 Å². The second-order valence-corrected chi connectivity index (χ2v) is 6.24. The summed E-state index contributed by atoms with van der Waals surface area (Å²) < 4.78 is 1.83. The number of nitrogens with zero attached hydrogens (tertiary/aromatic N) is 2. The van der Waals surface area contributed by atoms with Gasteiger partial charge in [-0.25, -0.2) is 9.78 Å². The fourth-order valence-electron chi connectivity index (χ4n) is 2.61. The van der Waals surface area contributed by atoms with E-state index in [2.05, 4.69) is 31.0 Å². The van der Waals surface area contributed by atoms with Crippen LogP contribution in [0.15, 0.2) is 54.7 Å². The maximum absolute atomic E-state index is 11.4. The Kier molecular flexibility index (Phi) is 4.21. The van der Waals surface area contributed by atoms with E-state index in [1.165, 1.54) is 5.56 Å². The number of carbonyl (C=O) groups is 1. The van der Waals surface area contributed by atoms with Crippen LogP contribution in [0.2, 0.25) is 0 Å². The Morgan fingerprint density at radius 1 is 1.04 bits per heavy atom. The van der Waals surface area contributed by atoms with Crippen molar-refractivity contribution in [3.05, 3.63) is 71.5 Å². The molecule has 4 heteroatoms. The molecule has 0 bridgehead atoms. The van der Waals surface area contributed by atoms with Crippen molar-refractivity contribution in [1.82, 2.24) is 9.55 Å². The zero-order valence-corrected chi connectivity index (χ0v) is 14.0. The summed E-state index contributed by atoms with van der Waals surface area (Å²) in [6.45, 7) is 6.31. The molecule has 0 aliphatic carbocycles. The average Bonchev–Trinajstić information content (AvgIpc) is 3.01. The smallest absolute Gasteiger partial charge is 0.356 e. The van der Waals surface area contributed by atoms with Crippen LogP contribution in [0.25, 0.3) is 17.1 Å². The van der Waals surface area contributed by atoms with Gasteiger partial charge >= 0.3 is 5.97 Å². The van der Waals surface area contributed by atoms with Gasteiger partial charge in [-0.15, -0.1) is 0 Å². The highest BCUT2D eigenvalue weighted by Gasteiger charge is 2.16. The maximum atomic E-state index is 11.4. The molecule has 0 amide bonds. The monoisotopic (exact) mass is 320 g/mol. The van der Waals surface area contributed by atoms with Gasteiger partial charge in [0.1, 0.15) is 5.82 Å². The summed E-state index contributed by atoms with van der Waals surface area (Å²) in [6, 6.07) is 16.1. The van der Waals surface area contributed by atoms with Gasteiger partial charge in [-0.05, 0) is 30.5 Å². The highest BCUT2D eigenvalue weighted by Crippen LogP contribution is 2.25. The standard InChI is InChI=1S/C20H20N2O2/c1-13(2)15-8-10-17(11-9-15)22-12-18(20(23)24)21-19(22)16-6-4-14(3)5-7-16/h4-13H,1-3H3,(H,23,24). The molecule has 0 spiro atoms. The van der Waals surface area contributed by atoms with Gasteiger partial charge in [0.25, 0.3) is 0 Å². The van der Waals surface area contributed by atoms with Crippen LogP contribution in [0.5, 0.6) is 0 Å². The molecule has 4 nitrogen and oxygen atoms in total. The molecule has 0 radical (unpaired) electrons. The first-order chi connectivity index (χ1) is 11.5. The third-order valence-electron chi connectivity index (χ3n) is 4.07.